The minimum atomic E-state index is 0.00973. The Hall–Kier alpha value is -1.57. The largest absolute Gasteiger partial charge is 0.326 e. The van der Waals surface area contributed by atoms with Crippen LogP contribution in [0.1, 0.15) is 33.3 Å². The van der Waals surface area contributed by atoms with E-state index in [9.17, 15) is 4.79 Å². The molecule has 1 N–H and O–H groups in total. The fraction of sp³-hybridized carbons (Fsp3) is 0.400. The number of amides is 1. The standard InChI is InChI=1S/C15H21NO/c1-11(2)5-6-13-7-9-14(10-8-13)16-15(17)12(3)4/h5-12H,1-4H3,(H,16,17)/b6-5+. The number of hydrogen-bond acceptors (Lipinski definition) is 1. The van der Waals surface area contributed by atoms with Crippen LogP contribution in [0.4, 0.5) is 5.69 Å². The van der Waals surface area contributed by atoms with Crippen LogP contribution in [-0.2, 0) is 4.79 Å². The summed E-state index contributed by atoms with van der Waals surface area (Å²) in [6.07, 6.45) is 4.25. The smallest absolute Gasteiger partial charge is 0.226 e. The van der Waals surface area contributed by atoms with Gasteiger partial charge in [-0.15, -0.1) is 0 Å². The molecule has 2 nitrogen and oxygen atoms in total. The van der Waals surface area contributed by atoms with Crippen molar-refractivity contribution in [3.63, 3.8) is 0 Å². The molecular weight excluding hydrogens is 210 g/mol. The number of carbonyl (C=O) groups is 1. The Labute approximate surface area is 104 Å². The lowest BCUT2D eigenvalue weighted by molar-refractivity contribution is -0.118. The number of carbonyl (C=O) groups excluding carboxylic acids is 1. The first-order valence-electron chi connectivity index (χ1n) is 6.08. The number of rotatable bonds is 4. The van der Waals surface area contributed by atoms with Crippen LogP contribution in [-0.4, -0.2) is 5.91 Å². The van der Waals surface area contributed by atoms with E-state index in [1.807, 2.05) is 38.1 Å². The van der Waals surface area contributed by atoms with Crippen LogP contribution in [0, 0.1) is 11.8 Å². The van der Waals surface area contributed by atoms with Crippen molar-refractivity contribution in [1.29, 1.82) is 0 Å². The SMILES string of the molecule is CC(C)/C=C/c1ccc(NC(=O)C(C)C)cc1. The van der Waals surface area contributed by atoms with E-state index >= 15 is 0 Å². The van der Waals surface area contributed by atoms with Gasteiger partial charge in [-0.1, -0.05) is 52.0 Å². The molecule has 0 aromatic heterocycles. The Kier molecular flexibility index (Phi) is 4.95. The molecule has 0 aliphatic heterocycles. The molecule has 1 rings (SSSR count). The van der Waals surface area contributed by atoms with E-state index < -0.39 is 0 Å². The first-order chi connectivity index (χ1) is 7.99. The highest BCUT2D eigenvalue weighted by molar-refractivity contribution is 5.92. The van der Waals surface area contributed by atoms with E-state index in [1.165, 1.54) is 0 Å². The zero-order valence-corrected chi connectivity index (χ0v) is 11.0. The average molecular weight is 231 g/mol. The van der Waals surface area contributed by atoms with Gasteiger partial charge in [-0.25, -0.2) is 0 Å². The maximum Gasteiger partial charge on any atom is 0.226 e. The first-order valence-corrected chi connectivity index (χ1v) is 6.08. The Bertz CT molecular complexity index is 388. The monoisotopic (exact) mass is 231 g/mol. The van der Waals surface area contributed by atoms with Gasteiger partial charge in [0.2, 0.25) is 5.91 Å². The molecule has 0 radical (unpaired) electrons. The van der Waals surface area contributed by atoms with Crippen molar-refractivity contribution >= 4 is 17.7 Å². The van der Waals surface area contributed by atoms with Crippen LogP contribution >= 0.6 is 0 Å². The molecule has 0 fully saturated rings. The van der Waals surface area contributed by atoms with Gasteiger partial charge in [-0.2, -0.15) is 0 Å². The molecule has 2 heteroatoms. The van der Waals surface area contributed by atoms with E-state index in [2.05, 4.69) is 31.3 Å². The van der Waals surface area contributed by atoms with Crippen LogP contribution in [0.2, 0.25) is 0 Å². The summed E-state index contributed by atoms with van der Waals surface area (Å²) in [6, 6.07) is 7.88. The molecule has 17 heavy (non-hydrogen) atoms. The third-order valence-electron chi connectivity index (χ3n) is 2.38. The number of allylic oxidation sites excluding steroid dienone is 1. The minimum absolute atomic E-state index is 0.00973. The van der Waals surface area contributed by atoms with E-state index in [0.29, 0.717) is 5.92 Å². The van der Waals surface area contributed by atoms with Crippen molar-refractivity contribution in [3.8, 4) is 0 Å². The second kappa shape index (κ2) is 6.24. The van der Waals surface area contributed by atoms with Crippen molar-refractivity contribution in [2.75, 3.05) is 5.32 Å². The summed E-state index contributed by atoms with van der Waals surface area (Å²) in [5.74, 6) is 0.612. The number of nitrogens with one attached hydrogen (secondary N) is 1. The van der Waals surface area contributed by atoms with E-state index in [0.717, 1.165) is 11.3 Å². The molecule has 1 amide bonds. The molecule has 0 aliphatic rings. The highest BCUT2D eigenvalue weighted by Gasteiger charge is 2.06. The third-order valence-corrected chi connectivity index (χ3v) is 2.38. The van der Waals surface area contributed by atoms with E-state index in [-0.39, 0.29) is 11.8 Å². The Balaban J connectivity index is 2.65. The normalized spacial score (nSPS) is 11.4. The molecule has 1 aromatic rings. The molecule has 0 unspecified atom stereocenters. The molecule has 0 atom stereocenters. The van der Waals surface area contributed by atoms with Gasteiger partial charge in [-0.05, 0) is 23.6 Å². The van der Waals surface area contributed by atoms with Crippen molar-refractivity contribution in [2.45, 2.75) is 27.7 Å². The van der Waals surface area contributed by atoms with Crippen LogP contribution < -0.4 is 5.32 Å². The summed E-state index contributed by atoms with van der Waals surface area (Å²) >= 11 is 0. The van der Waals surface area contributed by atoms with Crippen LogP contribution in [0.25, 0.3) is 6.08 Å². The molecule has 0 saturated heterocycles. The van der Waals surface area contributed by atoms with Crippen molar-refractivity contribution in [2.24, 2.45) is 11.8 Å². The van der Waals surface area contributed by atoms with Gasteiger partial charge in [0.1, 0.15) is 0 Å². The van der Waals surface area contributed by atoms with Gasteiger partial charge in [-0.3, -0.25) is 4.79 Å². The average Bonchev–Trinajstić information content (AvgIpc) is 2.28. The van der Waals surface area contributed by atoms with Crippen molar-refractivity contribution in [1.82, 2.24) is 0 Å². The predicted molar refractivity (Wildman–Crippen MR) is 73.8 cm³/mol. The van der Waals surface area contributed by atoms with E-state index in [4.69, 9.17) is 0 Å². The summed E-state index contributed by atoms with van der Waals surface area (Å²) in [6.45, 7) is 8.06. The molecule has 0 spiro atoms. The summed E-state index contributed by atoms with van der Waals surface area (Å²) < 4.78 is 0. The molecule has 1 aromatic carbocycles. The van der Waals surface area contributed by atoms with Gasteiger partial charge in [0.15, 0.2) is 0 Å². The quantitative estimate of drug-likeness (QED) is 0.835. The lowest BCUT2D eigenvalue weighted by Crippen LogP contribution is -2.17. The summed E-state index contributed by atoms with van der Waals surface area (Å²) in [5, 5.41) is 2.87. The van der Waals surface area contributed by atoms with Crippen molar-refractivity contribution < 1.29 is 4.79 Å². The van der Waals surface area contributed by atoms with Gasteiger partial charge < -0.3 is 5.32 Å². The Morgan fingerprint density at radius 1 is 1.12 bits per heavy atom. The minimum Gasteiger partial charge on any atom is -0.326 e. The molecular formula is C15H21NO. The first kappa shape index (κ1) is 13.5. The maximum atomic E-state index is 11.5. The van der Waals surface area contributed by atoms with Gasteiger partial charge >= 0.3 is 0 Å². The van der Waals surface area contributed by atoms with Crippen LogP contribution in [0.5, 0.6) is 0 Å². The van der Waals surface area contributed by atoms with Gasteiger partial charge in [0.25, 0.3) is 0 Å². The van der Waals surface area contributed by atoms with Crippen LogP contribution in [0.3, 0.4) is 0 Å². The summed E-state index contributed by atoms with van der Waals surface area (Å²) in [4.78, 5) is 11.5. The lowest BCUT2D eigenvalue weighted by Gasteiger charge is -2.07. The van der Waals surface area contributed by atoms with Gasteiger partial charge in [0.05, 0.1) is 0 Å². The fourth-order valence-corrected chi connectivity index (χ4v) is 1.27. The zero-order chi connectivity index (χ0) is 12.8. The zero-order valence-electron chi connectivity index (χ0n) is 11.0. The highest BCUT2D eigenvalue weighted by atomic mass is 16.1. The fourth-order valence-electron chi connectivity index (χ4n) is 1.27. The number of benzene rings is 1. The third kappa shape index (κ3) is 4.85. The molecule has 92 valence electrons. The van der Waals surface area contributed by atoms with Gasteiger partial charge in [0, 0.05) is 11.6 Å². The Morgan fingerprint density at radius 3 is 2.18 bits per heavy atom. The second-order valence-electron chi connectivity index (χ2n) is 4.87. The molecule has 0 aliphatic carbocycles. The predicted octanol–water partition coefficient (Wildman–Crippen LogP) is 3.95. The summed E-state index contributed by atoms with van der Waals surface area (Å²) in [5.41, 5.74) is 2.01. The van der Waals surface area contributed by atoms with Crippen molar-refractivity contribution in [3.05, 3.63) is 35.9 Å². The second-order valence-corrected chi connectivity index (χ2v) is 4.87. The molecule has 0 bridgehead atoms. The highest BCUT2D eigenvalue weighted by Crippen LogP contribution is 2.12. The number of anilines is 1. The molecule has 0 heterocycles. The lowest BCUT2D eigenvalue weighted by atomic mass is 10.1. The maximum absolute atomic E-state index is 11.5. The Morgan fingerprint density at radius 2 is 1.71 bits per heavy atom. The van der Waals surface area contributed by atoms with Crippen LogP contribution in [0.15, 0.2) is 30.3 Å². The topological polar surface area (TPSA) is 29.1 Å². The summed E-state index contributed by atoms with van der Waals surface area (Å²) in [7, 11) is 0. The molecule has 0 saturated carbocycles. The number of hydrogen-bond donors (Lipinski definition) is 1. The van der Waals surface area contributed by atoms with E-state index in [1.54, 1.807) is 0 Å².